The van der Waals surface area contributed by atoms with Crippen molar-refractivity contribution in [2.45, 2.75) is 12.5 Å². The van der Waals surface area contributed by atoms with Crippen LogP contribution in [0.15, 0.2) is 115 Å². The van der Waals surface area contributed by atoms with Crippen LogP contribution in [0, 0.1) is 0 Å². The van der Waals surface area contributed by atoms with Gasteiger partial charge in [0.25, 0.3) is 0 Å². The summed E-state index contributed by atoms with van der Waals surface area (Å²) < 4.78 is 0. The number of hydrogen-bond acceptors (Lipinski definition) is 2. The first kappa shape index (κ1) is 21.1. The normalized spacial score (nSPS) is 17.2. The second-order valence-electron chi connectivity index (χ2n) is 7.12. The third kappa shape index (κ3) is 6.20. The van der Waals surface area contributed by atoms with E-state index in [0.717, 1.165) is 34.4 Å². The second-order valence-corrected chi connectivity index (χ2v) is 7.12. The summed E-state index contributed by atoms with van der Waals surface area (Å²) in [5.74, 6) is 0. The number of benzene rings is 2. The van der Waals surface area contributed by atoms with Crippen molar-refractivity contribution in [3.8, 4) is 0 Å². The molecule has 0 heterocycles. The van der Waals surface area contributed by atoms with Gasteiger partial charge in [-0.25, -0.2) is 0 Å². The van der Waals surface area contributed by atoms with Crippen molar-refractivity contribution in [2.75, 3.05) is 5.73 Å². The van der Waals surface area contributed by atoms with Gasteiger partial charge in [-0.1, -0.05) is 110 Å². The predicted octanol–water partition coefficient (Wildman–Crippen LogP) is 6.33. The lowest BCUT2D eigenvalue weighted by atomic mass is 9.96. The zero-order valence-electron chi connectivity index (χ0n) is 17.1. The van der Waals surface area contributed by atoms with Gasteiger partial charge in [-0.2, -0.15) is 0 Å². The third-order valence-corrected chi connectivity index (χ3v) is 4.82. The minimum Gasteiger partial charge on any atom is -0.399 e. The van der Waals surface area contributed by atoms with Crippen molar-refractivity contribution in [3.05, 3.63) is 132 Å². The van der Waals surface area contributed by atoms with Gasteiger partial charge in [0.2, 0.25) is 0 Å². The fourth-order valence-corrected chi connectivity index (χ4v) is 3.13. The molecule has 0 aliphatic heterocycles. The maximum Gasteiger partial charge on any atom is 0.0314 e. The molecular weight excluding hydrogens is 364 g/mol. The molecule has 0 spiro atoms. The summed E-state index contributed by atoms with van der Waals surface area (Å²) in [5, 5.41) is 0. The molecule has 3 rings (SSSR count). The summed E-state index contributed by atoms with van der Waals surface area (Å²) in [6, 6.07) is 16.2. The molecule has 1 atom stereocenters. The molecule has 2 aromatic rings. The molecule has 0 fully saturated rings. The molecule has 30 heavy (non-hydrogen) atoms. The molecule has 0 radical (unpaired) electrons. The summed E-state index contributed by atoms with van der Waals surface area (Å²) in [5.41, 5.74) is 18.3. The van der Waals surface area contributed by atoms with E-state index in [1.807, 2.05) is 42.5 Å². The quantitative estimate of drug-likeness (QED) is 0.427. The van der Waals surface area contributed by atoms with E-state index in [9.17, 15) is 0 Å². The van der Waals surface area contributed by atoms with Gasteiger partial charge in [-0.15, -0.1) is 0 Å². The standard InChI is InChI=1S/C28H28N2/c1-2-3-7-23-8-4-5-9-24(23)10-6-11-25(26-16-20-28(30)21-17-26)15-12-22-13-18-27(29)19-14-22/h2-20,28H,1,21,29-30H2/b7-3-,10-6+,15-12-,25-11+. The summed E-state index contributed by atoms with van der Waals surface area (Å²) >= 11 is 0. The molecule has 0 saturated carbocycles. The molecule has 4 N–H and O–H groups in total. The van der Waals surface area contributed by atoms with Gasteiger partial charge in [0.1, 0.15) is 0 Å². The number of rotatable bonds is 7. The van der Waals surface area contributed by atoms with Crippen LogP contribution in [0.25, 0.3) is 18.2 Å². The number of anilines is 1. The molecule has 0 aromatic heterocycles. The summed E-state index contributed by atoms with van der Waals surface area (Å²) in [4.78, 5) is 0. The molecular formula is C28H28N2. The van der Waals surface area contributed by atoms with Gasteiger partial charge in [0.05, 0.1) is 0 Å². The zero-order valence-corrected chi connectivity index (χ0v) is 17.1. The average molecular weight is 393 g/mol. The highest BCUT2D eigenvalue weighted by molar-refractivity contribution is 5.67. The molecule has 1 aliphatic rings. The molecule has 2 nitrogen and oxygen atoms in total. The van der Waals surface area contributed by atoms with Crippen LogP contribution >= 0.6 is 0 Å². The number of hydrogen-bond donors (Lipinski definition) is 2. The van der Waals surface area contributed by atoms with Crippen LogP contribution in [0.3, 0.4) is 0 Å². The van der Waals surface area contributed by atoms with Crippen LogP contribution in [-0.2, 0) is 0 Å². The van der Waals surface area contributed by atoms with Crippen molar-refractivity contribution in [2.24, 2.45) is 5.73 Å². The highest BCUT2D eigenvalue weighted by Crippen LogP contribution is 2.21. The maximum absolute atomic E-state index is 6.00. The molecule has 0 bridgehead atoms. The third-order valence-electron chi connectivity index (χ3n) is 4.82. The fraction of sp³-hybridized carbons (Fsp3) is 0.0714. The summed E-state index contributed by atoms with van der Waals surface area (Å²) in [6.07, 6.45) is 23.6. The Balaban J connectivity index is 1.88. The molecule has 1 unspecified atom stereocenters. The minimum atomic E-state index is 0.0927. The average Bonchev–Trinajstić information content (AvgIpc) is 2.77. The first-order valence-corrected chi connectivity index (χ1v) is 10.1. The monoisotopic (exact) mass is 392 g/mol. The Morgan fingerprint density at radius 2 is 1.63 bits per heavy atom. The molecule has 1 aliphatic carbocycles. The van der Waals surface area contributed by atoms with Crippen molar-refractivity contribution >= 4 is 23.9 Å². The summed E-state index contributed by atoms with van der Waals surface area (Å²) in [6.45, 7) is 3.75. The van der Waals surface area contributed by atoms with Crippen molar-refractivity contribution < 1.29 is 0 Å². The van der Waals surface area contributed by atoms with Crippen molar-refractivity contribution in [1.82, 2.24) is 0 Å². The van der Waals surface area contributed by atoms with E-state index in [-0.39, 0.29) is 6.04 Å². The van der Waals surface area contributed by atoms with E-state index in [1.165, 1.54) is 5.57 Å². The summed E-state index contributed by atoms with van der Waals surface area (Å²) in [7, 11) is 0. The van der Waals surface area contributed by atoms with E-state index >= 15 is 0 Å². The zero-order chi connectivity index (χ0) is 21.2. The van der Waals surface area contributed by atoms with Gasteiger partial charge in [-0.3, -0.25) is 0 Å². The van der Waals surface area contributed by atoms with Crippen molar-refractivity contribution in [3.63, 3.8) is 0 Å². The maximum atomic E-state index is 6.00. The van der Waals surface area contributed by atoms with E-state index in [2.05, 4.69) is 73.4 Å². The van der Waals surface area contributed by atoms with Gasteiger partial charge in [0.15, 0.2) is 0 Å². The van der Waals surface area contributed by atoms with Crippen LogP contribution in [-0.4, -0.2) is 6.04 Å². The minimum absolute atomic E-state index is 0.0927. The lowest BCUT2D eigenvalue weighted by Crippen LogP contribution is -2.17. The van der Waals surface area contributed by atoms with E-state index in [1.54, 1.807) is 6.08 Å². The lowest BCUT2D eigenvalue weighted by molar-refractivity contribution is 0.820. The Labute approximate surface area is 179 Å². The second kappa shape index (κ2) is 10.8. The Morgan fingerprint density at radius 1 is 0.933 bits per heavy atom. The van der Waals surface area contributed by atoms with E-state index in [0.29, 0.717) is 0 Å². The smallest absolute Gasteiger partial charge is 0.0314 e. The van der Waals surface area contributed by atoms with Crippen LogP contribution in [0.1, 0.15) is 23.1 Å². The van der Waals surface area contributed by atoms with Gasteiger partial charge in [-0.05, 0) is 46.4 Å². The number of nitrogen functional groups attached to an aromatic ring is 1. The fourth-order valence-electron chi connectivity index (χ4n) is 3.13. The van der Waals surface area contributed by atoms with Crippen LogP contribution in [0.2, 0.25) is 0 Å². The number of nitrogens with two attached hydrogens (primary N) is 2. The largest absolute Gasteiger partial charge is 0.399 e. The topological polar surface area (TPSA) is 52.0 Å². The highest BCUT2D eigenvalue weighted by atomic mass is 14.6. The molecule has 150 valence electrons. The Bertz CT molecular complexity index is 1040. The van der Waals surface area contributed by atoms with Gasteiger partial charge in [0, 0.05) is 11.7 Å². The first-order valence-electron chi connectivity index (χ1n) is 10.1. The SMILES string of the molecule is C=C/C=C\c1ccccc1/C=C/C=C(\C=C/c1ccc(N)cc1)C1=CCC(N)C=C1. The number of allylic oxidation sites excluding steroid dienone is 8. The predicted molar refractivity (Wildman–Crippen MR) is 132 cm³/mol. The first-order chi connectivity index (χ1) is 14.7. The molecule has 0 saturated heterocycles. The van der Waals surface area contributed by atoms with Crippen LogP contribution < -0.4 is 11.5 Å². The molecule has 2 aromatic carbocycles. The van der Waals surface area contributed by atoms with Crippen LogP contribution in [0.5, 0.6) is 0 Å². The Hall–Kier alpha value is -3.62. The Kier molecular flexibility index (Phi) is 7.59. The Morgan fingerprint density at radius 3 is 2.27 bits per heavy atom. The molecule has 2 heteroatoms. The van der Waals surface area contributed by atoms with Crippen LogP contribution in [0.4, 0.5) is 5.69 Å². The van der Waals surface area contributed by atoms with E-state index < -0.39 is 0 Å². The highest BCUT2D eigenvalue weighted by Gasteiger charge is 2.06. The lowest BCUT2D eigenvalue weighted by Gasteiger charge is -2.12. The van der Waals surface area contributed by atoms with Gasteiger partial charge >= 0.3 is 0 Å². The van der Waals surface area contributed by atoms with Crippen molar-refractivity contribution in [1.29, 1.82) is 0 Å². The van der Waals surface area contributed by atoms with Gasteiger partial charge < -0.3 is 11.5 Å². The van der Waals surface area contributed by atoms with E-state index in [4.69, 9.17) is 11.5 Å². The molecule has 0 amide bonds.